The molecule has 6 aromatic rings. The normalized spacial score (nSPS) is 12.2. The van der Waals surface area contributed by atoms with E-state index in [0.29, 0.717) is 23.3 Å². The summed E-state index contributed by atoms with van der Waals surface area (Å²) in [7, 11) is 0. The van der Waals surface area contributed by atoms with E-state index in [0.717, 1.165) is 61.8 Å². The summed E-state index contributed by atoms with van der Waals surface area (Å²) < 4.78 is 0. The predicted octanol–water partition coefficient (Wildman–Crippen LogP) is 11.0. The molecule has 1 aromatic heterocycles. The zero-order chi connectivity index (χ0) is 34.3. The number of aromatic nitrogens is 2. The van der Waals surface area contributed by atoms with E-state index in [4.69, 9.17) is 0 Å². The maximum Gasteiger partial charge on any atom is 0.253 e. The van der Waals surface area contributed by atoms with Crippen molar-refractivity contribution in [2.45, 2.75) is 66.1 Å². The number of fused-ring (bicyclic) bond motifs is 2. The standard InChI is InChI=1S/C38H44N10S/c1-7-26(6)39-33-20-21-35(30-13-9-8-12-29(30)33)43-44-36-23-22-34(31-14-10-11-15-32(31)36)42-40-27-16-18-28(19-17-27)41-45-37-46-47-38(49-37)48(24(2)3)25(4)5/h8-26,39-40,42-44H,7H2,1-6H3. The van der Waals surface area contributed by atoms with E-state index in [-0.39, 0.29) is 0 Å². The quantitative estimate of drug-likeness (QED) is 0.0574. The summed E-state index contributed by atoms with van der Waals surface area (Å²) >= 11 is 1.44. The Morgan fingerprint density at radius 3 is 1.59 bits per heavy atom. The Kier molecular flexibility index (Phi) is 10.4. The SMILES string of the molecule is CCC(C)Nc1ccc(NNc2ccc(NNc3ccc(N=Nc4nnc(N(C(C)C)C(C)C)s4)cc3)c3ccccc23)c2ccccc12. The zero-order valence-electron chi connectivity index (χ0n) is 28.8. The van der Waals surface area contributed by atoms with Crippen molar-refractivity contribution in [3.05, 3.63) is 97.1 Å². The molecule has 1 atom stereocenters. The van der Waals surface area contributed by atoms with Crippen LogP contribution in [0.1, 0.15) is 48.0 Å². The molecule has 0 saturated heterocycles. The van der Waals surface area contributed by atoms with Gasteiger partial charge in [0.15, 0.2) is 0 Å². The van der Waals surface area contributed by atoms with Crippen LogP contribution in [0, 0.1) is 0 Å². The summed E-state index contributed by atoms with van der Waals surface area (Å²) in [5.41, 5.74) is 19.4. The lowest BCUT2D eigenvalue weighted by molar-refractivity contribution is 0.603. The molecular formula is C38H44N10S. The van der Waals surface area contributed by atoms with Crippen molar-refractivity contribution in [2.24, 2.45) is 10.2 Å². The molecule has 0 bridgehead atoms. The third-order valence-corrected chi connectivity index (χ3v) is 9.21. The fourth-order valence-electron chi connectivity index (χ4n) is 5.80. The van der Waals surface area contributed by atoms with Crippen LogP contribution in [0.25, 0.3) is 21.5 Å². The minimum Gasteiger partial charge on any atom is -0.382 e. The minimum absolute atomic E-state index is 0.322. The summed E-state index contributed by atoms with van der Waals surface area (Å²) in [6.07, 6.45) is 1.06. The Labute approximate surface area is 292 Å². The van der Waals surface area contributed by atoms with Crippen molar-refractivity contribution in [2.75, 3.05) is 31.9 Å². The van der Waals surface area contributed by atoms with Crippen LogP contribution in [0.4, 0.5) is 44.4 Å². The van der Waals surface area contributed by atoms with Crippen molar-refractivity contribution in [3.8, 4) is 0 Å². The molecule has 1 heterocycles. The molecule has 11 heteroatoms. The van der Waals surface area contributed by atoms with Crippen LogP contribution in [0.2, 0.25) is 0 Å². The number of anilines is 6. The van der Waals surface area contributed by atoms with E-state index >= 15 is 0 Å². The Balaban J connectivity index is 1.11. The number of hydrazine groups is 2. The van der Waals surface area contributed by atoms with Gasteiger partial charge >= 0.3 is 0 Å². The highest BCUT2D eigenvalue weighted by molar-refractivity contribution is 7.18. The topological polar surface area (TPSA) is 114 Å². The third-order valence-electron chi connectivity index (χ3n) is 8.39. The van der Waals surface area contributed by atoms with Crippen molar-refractivity contribution < 1.29 is 0 Å². The van der Waals surface area contributed by atoms with Gasteiger partial charge in [0.05, 0.1) is 28.4 Å². The van der Waals surface area contributed by atoms with Crippen LogP contribution < -0.4 is 31.9 Å². The molecule has 0 aliphatic rings. The fourth-order valence-corrected chi connectivity index (χ4v) is 6.73. The number of hydrogen-bond donors (Lipinski definition) is 5. The number of azo groups is 1. The van der Waals surface area contributed by atoms with E-state index in [9.17, 15) is 0 Å². The maximum absolute atomic E-state index is 4.37. The molecule has 1 unspecified atom stereocenters. The summed E-state index contributed by atoms with van der Waals surface area (Å²) in [6.45, 7) is 13.0. The zero-order valence-corrected chi connectivity index (χ0v) is 29.6. The van der Waals surface area contributed by atoms with Gasteiger partial charge in [-0.15, -0.1) is 20.4 Å². The monoisotopic (exact) mass is 672 g/mol. The Morgan fingerprint density at radius 1 is 0.592 bits per heavy atom. The molecule has 0 saturated carbocycles. The molecule has 0 spiro atoms. The van der Waals surface area contributed by atoms with Gasteiger partial charge in [-0.2, -0.15) is 0 Å². The molecular weight excluding hydrogens is 629 g/mol. The molecule has 0 fully saturated rings. The van der Waals surface area contributed by atoms with E-state index in [1.807, 2.05) is 30.3 Å². The number of benzene rings is 5. The van der Waals surface area contributed by atoms with Crippen LogP contribution in [0.3, 0.4) is 0 Å². The highest BCUT2D eigenvalue weighted by atomic mass is 32.1. The number of rotatable bonds is 14. The molecule has 0 aliphatic carbocycles. The smallest absolute Gasteiger partial charge is 0.253 e. The summed E-state index contributed by atoms with van der Waals surface area (Å²) in [6, 6.07) is 34.0. The fraction of sp³-hybridized carbons (Fsp3) is 0.263. The second-order valence-corrected chi connectivity index (χ2v) is 13.5. The van der Waals surface area contributed by atoms with E-state index in [1.165, 1.54) is 16.7 Å². The van der Waals surface area contributed by atoms with Gasteiger partial charge in [0.25, 0.3) is 5.13 Å². The Hall–Kier alpha value is -5.42. The van der Waals surface area contributed by atoms with Gasteiger partial charge in [0, 0.05) is 45.4 Å². The van der Waals surface area contributed by atoms with Gasteiger partial charge in [-0.1, -0.05) is 66.8 Å². The predicted molar refractivity (Wildman–Crippen MR) is 209 cm³/mol. The molecule has 10 nitrogen and oxygen atoms in total. The lowest BCUT2D eigenvalue weighted by Gasteiger charge is -2.29. The lowest BCUT2D eigenvalue weighted by Crippen LogP contribution is -2.36. The Bertz CT molecular complexity index is 2030. The maximum atomic E-state index is 4.37. The molecule has 0 radical (unpaired) electrons. The summed E-state index contributed by atoms with van der Waals surface area (Å²) in [5, 5.41) is 26.8. The molecule has 5 N–H and O–H groups in total. The highest BCUT2D eigenvalue weighted by Gasteiger charge is 2.18. The van der Waals surface area contributed by atoms with Gasteiger partial charge in [0.1, 0.15) is 0 Å². The van der Waals surface area contributed by atoms with Crippen LogP contribution >= 0.6 is 11.3 Å². The third kappa shape index (κ3) is 7.84. The first-order valence-corrected chi connectivity index (χ1v) is 17.6. The van der Waals surface area contributed by atoms with E-state index < -0.39 is 0 Å². The van der Waals surface area contributed by atoms with Crippen LogP contribution in [0.5, 0.6) is 0 Å². The van der Waals surface area contributed by atoms with Gasteiger partial charge < -0.3 is 31.9 Å². The molecule has 6 rings (SSSR count). The minimum atomic E-state index is 0.322. The van der Waals surface area contributed by atoms with Gasteiger partial charge in [-0.25, -0.2) is 0 Å². The molecule has 49 heavy (non-hydrogen) atoms. The average molecular weight is 673 g/mol. The molecule has 252 valence electrons. The van der Waals surface area contributed by atoms with Crippen molar-refractivity contribution in [3.63, 3.8) is 0 Å². The lowest BCUT2D eigenvalue weighted by atomic mass is 10.1. The second-order valence-electron chi connectivity index (χ2n) is 12.6. The first kappa shape index (κ1) is 33.5. The molecule has 0 amide bonds. The average Bonchev–Trinajstić information content (AvgIpc) is 3.57. The van der Waals surface area contributed by atoms with Crippen molar-refractivity contribution in [1.29, 1.82) is 0 Å². The first-order valence-electron chi connectivity index (χ1n) is 16.8. The van der Waals surface area contributed by atoms with E-state index in [1.54, 1.807) is 0 Å². The summed E-state index contributed by atoms with van der Waals surface area (Å²) in [4.78, 5) is 2.22. The summed E-state index contributed by atoms with van der Waals surface area (Å²) in [5.74, 6) is 0. The van der Waals surface area contributed by atoms with Gasteiger partial charge in [-0.3, -0.25) is 0 Å². The van der Waals surface area contributed by atoms with Crippen molar-refractivity contribution >= 4 is 77.3 Å². The number of nitrogens with one attached hydrogen (secondary N) is 5. The highest BCUT2D eigenvalue weighted by Crippen LogP contribution is 2.34. The first-order chi connectivity index (χ1) is 23.8. The Morgan fingerprint density at radius 2 is 1.08 bits per heavy atom. The van der Waals surface area contributed by atoms with E-state index in [2.05, 4.69) is 161 Å². The number of nitrogens with zero attached hydrogens (tertiary/aromatic N) is 5. The molecule has 5 aromatic carbocycles. The molecule has 0 aliphatic heterocycles. The number of hydrogen-bond acceptors (Lipinski definition) is 11. The van der Waals surface area contributed by atoms with Crippen molar-refractivity contribution in [1.82, 2.24) is 10.2 Å². The van der Waals surface area contributed by atoms with Gasteiger partial charge in [0.2, 0.25) is 5.13 Å². The van der Waals surface area contributed by atoms with Gasteiger partial charge in [-0.05, 0) is 89.6 Å². The second kappa shape index (κ2) is 15.2. The largest absolute Gasteiger partial charge is 0.382 e. The van der Waals surface area contributed by atoms with Crippen LogP contribution in [-0.4, -0.2) is 28.3 Å². The van der Waals surface area contributed by atoms with Crippen LogP contribution in [-0.2, 0) is 0 Å². The van der Waals surface area contributed by atoms with Crippen LogP contribution in [0.15, 0.2) is 107 Å².